The van der Waals surface area contributed by atoms with Crippen molar-refractivity contribution < 1.29 is 19.8 Å². The van der Waals surface area contributed by atoms with Gasteiger partial charge in [0, 0.05) is 13.0 Å². The molecule has 0 radical (unpaired) electrons. The molecule has 0 spiro atoms. The molecule has 0 bridgehead atoms. The second-order valence-electron chi connectivity index (χ2n) is 2.55. The van der Waals surface area contributed by atoms with E-state index in [1.165, 1.54) is 0 Å². The molecule has 0 aromatic carbocycles. The van der Waals surface area contributed by atoms with Crippen molar-refractivity contribution in [3.05, 3.63) is 0 Å². The summed E-state index contributed by atoms with van der Waals surface area (Å²) >= 11 is 0. The van der Waals surface area contributed by atoms with Crippen molar-refractivity contribution in [2.45, 2.75) is 18.6 Å². The van der Waals surface area contributed by atoms with Gasteiger partial charge in [0.25, 0.3) is 0 Å². The van der Waals surface area contributed by atoms with Crippen LogP contribution in [-0.4, -0.2) is 46.2 Å². The zero-order valence-electron chi connectivity index (χ0n) is 5.80. The van der Waals surface area contributed by atoms with E-state index in [0.717, 1.165) is 4.90 Å². The number of aliphatic hydroxyl groups is 1. The van der Waals surface area contributed by atoms with Crippen molar-refractivity contribution in [2.75, 3.05) is 6.54 Å². The normalized spacial score (nSPS) is 30.5. The van der Waals surface area contributed by atoms with Crippen molar-refractivity contribution in [3.63, 3.8) is 0 Å². The van der Waals surface area contributed by atoms with Crippen LogP contribution in [0.25, 0.3) is 0 Å². The van der Waals surface area contributed by atoms with Crippen molar-refractivity contribution in [1.29, 1.82) is 0 Å². The Labute approximate surface area is 63.2 Å². The highest BCUT2D eigenvalue weighted by Crippen LogP contribution is 2.15. The van der Waals surface area contributed by atoms with Crippen LogP contribution in [-0.2, 0) is 9.59 Å². The number of aliphatic hydroxyl groups excluding tert-OH is 1. The summed E-state index contributed by atoms with van der Waals surface area (Å²) in [5, 5.41) is 17.5. The van der Waals surface area contributed by atoms with Crippen molar-refractivity contribution in [1.82, 2.24) is 4.90 Å². The number of carbonyl (C=O) groups is 2. The highest BCUT2D eigenvalue weighted by atomic mass is 16.4. The van der Waals surface area contributed by atoms with E-state index < -0.39 is 18.1 Å². The fraction of sp³-hybridized carbons (Fsp3) is 0.667. The summed E-state index contributed by atoms with van der Waals surface area (Å²) in [6.07, 6.45) is -0.107. The third kappa shape index (κ3) is 1.48. The Morgan fingerprint density at radius 3 is 2.64 bits per heavy atom. The first-order valence-corrected chi connectivity index (χ1v) is 3.27. The van der Waals surface area contributed by atoms with Gasteiger partial charge in [0.2, 0.25) is 6.41 Å². The Morgan fingerprint density at radius 1 is 1.64 bits per heavy atom. The summed E-state index contributed by atoms with van der Waals surface area (Å²) in [5.74, 6) is -1.06. The van der Waals surface area contributed by atoms with Crippen LogP contribution in [0, 0.1) is 0 Å². The minimum absolute atomic E-state index is 0.125. The van der Waals surface area contributed by atoms with Gasteiger partial charge in [-0.05, 0) is 0 Å². The Balaban J connectivity index is 2.64. The van der Waals surface area contributed by atoms with Crippen LogP contribution in [0.4, 0.5) is 0 Å². The molecule has 1 saturated heterocycles. The van der Waals surface area contributed by atoms with E-state index >= 15 is 0 Å². The van der Waals surface area contributed by atoms with E-state index in [2.05, 4.69) is 0 Å². The molecular weight excluding hydrogens is 150 g/mol. The predicted molar refractivity (Wildman–Crippen MR) is 34.8 cm³/mol. The maximum Gasteiger partial charge on any atom is 0.326 e. The van der Waals surface area contributed by atoms with Gasteiger partial charge in [0.1, 0.15) is 6.04 Å². The smallest absolute Gasteiger partial charge is 0.326 e. The Morgan fingerprint density at radius 2 is 2.27 bits per heavy atom. The van der Waals surface area contributed by atoms with E-state index in [9.17, 15) is 9.59 Å². The number of β-amino-alcohol motifs (C(OH)–C–C–N with tert-alkyl or cyclic N) is 1. The second-order valence-corrected chi connectivity index (χ2v) is 2.55. The minimum atomic E-state index is -1.06. The Hall–Kier alpha value is -1.10. The molecule has 62 valence electrons. The molecule has 0 aromatic heterocycles. The summed E-state index contributed by atoms with van der Waals surface area (Å²) in [7, 11) is 0. The monoisotopic (exact) mass is 159 g/mol. The highest BCUT2D eigenvalue weighted by molar-refractivity contribution is 5.77. The standard InChI is InChI=1S/C6H9NO4/c8-3-7-2-4(9)1-5(7)6(10)11/h3-5,9H,1-2H2,(H,10,11). The number of carbonyl (C=O) groups excluding carboxylic acids is 1. The van der Waals surface area contributed by atoms with E-state index in [1.807, 2.05) is 0 Å². The lowest BCUT2D eigenvalue weighted by Crippen LogP contribution is -2.34. The summed E-state index contributed by atoms with van der Waals surface area (Å²) in [5.41, 5.74) is 0. The molecule has 1 fully saturated rings. The molecule has 2 unspecified atom stereocenters. The number of nitrogens with zero attached hydrogens (tertiary/aromatic N) is 1. The number of amides is 1. The predicted octanol–water partition coefficient (Wildman–Crippen LogP) is -1.34. The average Bonchev–Trinajstić information content (AvgIpc) is 2.30. The van der Waals surface area contributed by atoms with Crippen LogP contribution < -0.4 is 0 Å². The molecule has 1 aliphatic rings. The van der Waals surface area contributed by atoms with Crippen LogP contribution in [0.2, 0.25) is 0 Å². The van der Waals surface area contributed by atoms with E-state index in [-0.39, 0.29) is 13.0 Å². The summed E-state index contributed by atoms with van der Waals surface area (Å²) in [6, 6.07) is -0.845. The minimum Gasteiger partial charge on any atom is -0.480 e. The number of carboxylic acid groups (broad SMARTS) is 1. The molecular formula is C6H9NO4. The molecule has 1 heterocycles. The molecule has 1 rings (SSSR count). The van der Waals surface area contributed by atoms with Crippen LogP contribution >= 0.6 is 0 Å². The van der Waals surface area contributed by atoms with Crippen LogP contribution in [0.5, 0.6) is 0 Å². The number of hydrogen-bond donors (Lipinski definition) is 2. The van der Waals surface area contributed by atoms with Crippen molar-refractivity contribution in [3.8, 4) is 0 Å². The molecule has 1 amide bonds. The van der Waals surface area contributed by atoms with Gasteiger partial charge in [0.05, 0.1) is 6.10 Å². The SMILES string of the molecule is O=CN1CC(O)CC1C(=O)O. The van der Waals surface area contributed by atoms with Crippen LogP contribution in [0.1, 0.15) is 6.42 Å². The first kappa shape index (κ1) is 8.00. The molecule has 5 heteroatoms. The van der Waals surface area contributed by atoms with Gasteiger partial charge in [-0.25, -0.2) is 4.79 Å². The van der Waals surface area contributed by atoms with Gasteiger partial charge in [-0.2, -0.15) is 0 Å². The van der Waals surface area contributed by atoms with Gasteiger partial charge in [-0.1, -0.05) is 0 Å². The molecule has 5 nitrogen and oxygen atoms in total. The maximum atomic E-state index is 10.4. The molecule has 0 saturated carbocycles. The molecule has 0 aliphatic carbocycles. The number of likely N-dealkylation sites (tertiary alicyclic amines) is 1. The second kappa shape index (κ2) is 2.87. The Bertz CT molecular complexity index is 181. The van der Waals surface area contributed by atoms with Crippen LogP contribution in [0.15, 0.2) is 0 Å². The number of rotatable bonds is 2. The largest absolute Gasteiger partial charge is 0.480 e. The summed E-state index contributed by atoms with van der Waals surface area (Å²) in [4.78, 5) is 21.7. The third-order valence-electron chi connectivity index (χ3n) is 1.74. The molecule has 11 heavy (non-hydrogen) atoms. The van der Waals surface area contributed by atoms with E-state index in [4.69, 9.17) is 10.2 Å². The fourth-order valence-electron chi connectivity index (χ4n) is 1.20. The van der Waals surface area contributed by atoms with E-state index in [0.29, 0.717) is 6.41 Å². The number of aliphatic carboxylic acids is 1. The quantitative estimate of drug-likeness (QED) is 0.489. The fourth-order valence-corrected chi connectivity index (χ4v) is 1.20. The molecule has 1 aliphatic heterocycles. The van der Waals surface area contributed by atoms with Crippen molar-refractivity contribution in [2.24, 2.45) is 0 Å². The maximum absolute atomic E-state index is 10.4. The molecule has 2 N–H and O–H groups in total. The topological polar surface area (TPSA) is 77.8 Å². The zero-order chi connectivity index (χ0) is 8.43. The zero-order valence-corrected chi connectivity index (χ0v) is 5.80. The third-order valence-corrected chi connectivity index (χ3v) is 1.74. The number of carboxylic acids is 1. The van der Waals surface area contributed by atoms with Gasteiger partial charge in [-0.15, -0.1) is 0 Å². The summed E-state index contributed by atoms with van der Waals surface area (Å²) < 4.78 is 0. The lowest BCUT2D eigenvalue weighted by molar-refractivity contribution is -0.144. The molecule has 0 aromatic rings. The first-order chi connectivity index (χ1) is 5.15. The Kier molecular flexibility index (Phi) is 2.09. The van der Waals surface area contributed by atoms with Gasteiger partial charge in [-0.3, -0.25) is 4.79 Å². The van der Waals surface area contributed by atoms with Crippen molar-refractivity contribution >= 4 is 12.4 Å². The van der Waals surface area contributed by atoms with Crippen LogP contribution in [0.3, 0.4) is 0 Å². The molecule has 2 atom stereocenters. The average molecular weight is 159 g/mol. The van der Waals surface area contributed by atoms with Gasteiger partial charge < -0.3 is 15.1 Å². The lowest BCUT2D eigenvalue weighted by Gasteiger charge is -2.13. The summed E-state index contributed by atoms with van der Waals surface area (Å²) in [6.45, 7) is 0.125. The number of hydrogen-bond acceptors (Lipinski definition) is 3. The van der Waals surface area contributed by atoms with Gasteiger partial charge in [0.15, 0.2) is 0 Å². The first-order valence-electron chi connectivity index (χ1n) is 3.27. The lowest BCUT2D eigenvalue weighted by atomic mass is 10.2. The van der Waals surface area contributed by atoms with E-state index in [1.54, 1.807) is 0 Å². The van der Waals surface area contributed by atoms with Gasteiger partial charge >= 0.3 is 5.97 Å². The highest BCUT2D eigenvalue weighted by Gasteiger charge is 2.34.